The Bertz CT molecular complexity index is 728. The summed E-state index contributed by atoms with van der Waals surface area (Å²) in [5.41, 5.74) is 0.790. The molecule has 0 bridgehead atoms. The Morgan fingerprint density at radius 1 is 1.39 bits per heavy atom. The van der Waals surface area contributed by atoms with Gasteiger partial charge in [0.25, 0.3) is 0 Å². The van der Waals surface area contributed by atoms with Crippen molar-refractivity contribution in [2.75, 3.05) is 32.9 Å². The molecule has 2 aromatic heterocycles. The number of morpholine rings is 1. The quantitative estimate of drug-likeness (QED) is 0.659. The van der Waals surface area contributed by atoms with Gasteiger partial charge in [-0.25, -0.2) is 14.8 Å². The first-order valence-electron chi connectivity index (χ1n) is 7.64. The number of nitrogens with one attached hydrogen (secondary N) is 1. The van der Waals surface area contributed by atoms with E-state index in [0.717, 1.165) is 42.1 Å². The van der Waals surface area contributed by atoms with Gasteiger partial charge in [-0.15, -0.1) is 11.3 Å². The lowest BCUT2D eigenvalue weighted by atomic mass is 10.2. The van der Waals surface area contributed by atoms with Gasteiger partial charge in [0.1, 0.15) is 34.5 Å². The molecule has 23 heavy (non-hydrogen) atoms. The number of hydrogen-bond acceptors (Lipinski definition) is 6. The van der Waals surface area contributed by atoms with Gasteiger partial charge in [-0.05, 0) is 19.4 Å². The van der Waals surface area contributed by atoms with E-state index in [1.807, 2.05) is 6.92 Å². The number of carbonyl (C=O) groups excluding carboxylic acids is 1. The van der Waals surface area contributed by atoms with Crippen molar-refractivity contribution in [1.82, 2.24) is 9.97 Å². The fourth-order valence-electron chi connectivity index (χ4n) is 2.66. The Kier molecular flexibility index (Phi) is 5.11. The van der Waals surface area contributed by atoms with E-state index in [1.54, 1.807) is 6.92 Å². The van der Waals surface area contributed by atoms with Crippen LogP contribution in [0.4, 0.5) is 0 Å². The second-order valence-corrected chi connectivity index (χ2v) is 6.78. The third-order valence-corrected chi connectivity index (χ3v) is 5.30. The average molecular weight is 357 g/mol. The second-order valence-electron chi connectivity index (χ2n) is 5.43. The maximum absolute atomic E-state index is 12.0. The van der Waals surface area contributed by atoms with Crippen LogP contribution in [0.3, 0.4) is 0 Å². The summed E-state index contributed by atoms with van der Waals surface area (Å²) in [7, 11) is 0. The van der Waals surface area contributed by atoms with Crippen LogP contribution in [0.15, 0.2) is 0 Å². The van der Waals surface area contributed by atoms with Crippen LogP contribution in [0.5, 0.6) is 0 Å². The maximum Gasteiger partial charge on any atom is 0.348 e. The van der Waals surface area contributed by atoms with Crippen LogP contribution < -0.4 is 4.90 Å². The number of nitrogens with zero attached hydrogens (tertiary/aromatic N) is 2. The molecule has 0 spiro atoms. The fraction of sp³-hybridized carbons (Fsp3) is 0.533. The maximum atomic E-state index is 12.0. The highest BCUT2D eigenvalue weighted by atomic mass is 35.5. The Balaban J connectivity index is 1.92. The smallest absolute Gasteiger partial charge is 0.348 e. The van der Waals surface area contributed by atoms with E-state index in [1.165, 1.54) is 16.2 Å². The summed E-state index contributed by atoms with van der Waals surface area (Å²) in [5.74, 6) is 0.375. The molecule has 0 aromatic carbocycles. The molecule has 3 rings (SSSR count). The molecule has 0 aliphatic carbocycles. The van der Waals surface area contributed by atoms with Crippen molar-refractivity contribution in [3.63, 3.8) is 0 Å². The first-order chi connectivity index (χ1) is 11.1. The molecular formula is C15H19ClN3O3S+. The van der Waals surface area contributed by atoms with Crippen molar-refractivity contribution in [3.05, 3.63) is 21.4 Å². The summed E-state index contributed by atoms with van der Waals surface area (Å²) in [5, 5.41) is 1.16. The largest absolute Gasteiger partial charge is 0.462 e. The molecule has 8 heteroatoms. The zero-order valence-corrected chi connectivity index (χ0v) is 14.7. The molecule has 1 aliphatic rings. The van der Waals surface area contributed by atoms with Crippen LogP contribution in [0.1, 0.15) is 28.0 Å². The van der Waals surface area contributed by atoms with Crippen molar-refractivity contribution >= 4 is 39.1 Å². The van der Waals surface area contributed by atoms with Gasteiger partial charge in [-0.3, -0.25) is 0 Å². The van der Waals surface area contributed by atoms with Gasteiger partial charge in [0.05, 0.1) is 25.2 Å². The van der Waals surface area contributed by atoms with E-state index in [4.69, 9.17) is 21.1 Å². The Hall–Kier alpha value is -1.28. The standard InChI is InChI=1S/C15H18ClN3O3S/c1-3-22-15(20)12-9(2)11-13(16)17-10(18-14(11)23-12)8-19-4-6-21-7-5-19/h3-8H2,1-2H3/p+1. The molecule has 0 amide bonds. The molecule has 124 valence electrons. The molecule has 0 saturated carbocycles. The molecule has 0 atom stereocenters. The number of aryl methyl sites for hydroxylation is 1. The van der Waals surface area contributed by atoms with Gasteiger partial charge in [-0.2, -0.15) is 0 Å². The fourth-order valence-corrected chi connectivity index (χ4v) is 4.14. The van der Waals surface area contributed by atoms with Crippen molar-refractivity contribution < 1.29 is 19.2 Å². The predicted octanol–water partition coefficient (Wildman–Crippen LogP) is 1.24. The number of halogens is 1. The van der Waals surface area contributed by atoms with Crippen LogP contribution in [0, 0.1) is 6.92 Å². The molecule has 1 fully saturated rings. The van der Waals surface area contributed by atoms with Crippen molar-refractivity contribution in [1.29, 1.82) is 0 Å². The number of esters is 1. The van der Waals surface area contributed by atoms with Gasteiger partial charge in [-0.1, -0.05) is 11.6 Å². The minimum atomic E-state index is -0.329. The summed E-state index contributed by atoms with van der Waals surface area (Å²) in [6.45, 7) is 8.10. The first-order valence-corrected chi connectivity index (χ1v) is 8.83. The zero-order chi connectivity index (χ0) is 16.4. The topological polar surface area (TPSA) is 65.8 Å². The number of aromatic nitrogens is 2. The molecule has 6 nitrogen and oxygen atoms in total. The van der Waals surface area contributed by atoms with Gasteiger partial charge in [0.15, 0.2) is 5.82 Å². The lowest BCUT2D eigenvalue weighted by molar-refractivity contribution is -0.922. The van der Waals surface area contributed by atoms with E-state index in [9.17, 15) is 4.79 Å². The molecular weight excluding hydrogens is 338 g/mol. The van der Waals surface area contributed by atoms with E-state index in [2.05, 4.69) is 9.97 Å². The Morgan fingerprint density at radius 3 is 2.83 bits per heavy atom. The molecule has 1 saturated heterocycles. The van der Waals surface area contributed by atoms with Crippen LogP contribution in [0.2, 0.25) is 5.15 Å². The lowest BCUT2D eigenvalue weighted by Gasteiger charge is -2.22. The molecule has 2 aromatic rings. The summed E-state index contributed by atoms with van der Waals surface area (Å²) < 4.78 is 10.5. The highest BCUT2D eigenvalue weighted by Crippen LogP contribution is 2.33. The minimum absolute atomic E-state index is 0.329. The van der Waals surface area contributed by atoms with Crippen LogP contribution in [-0.4, -0.2) is 48.8 Å². The van der Waals surface area contributed by atoms with Gasteiger partial charge in [0.2, 0.25) is 0 Å². The highest BCUT2D eigenvalue weighted by molar-refractivity contribution is 7.20. The highest BCUT2D eigenvalue weighted by Gasteiger charge is 2.22. The molecule has 0 radical (unpaired) electrons. The van der Waals surface area contributed by atoms with E-state index in [0.29, 0.717) is 29.0 Å². The van der Waals surface area contributed by atoms with Crippen LogP contribution in [-0.2, 0) is 16.0 Å². The Labute approximate surface area is 143 Å². The third-order valence-electron chi connectivity index (χ3n) is 3.86. The van der Waals surface area contributed by atoms with E-state index in [-0.39, 0.29) is 5.97 Å². The first kappa shape index (κ1) is 16.6. The zero-order valence-electron chi connectivity index (χ0n) is 13.1. The number of fused-ring (bicyclic) bond motifs is 1. The molecule has 1 aliphatic heterocycles. The SMILES string of the molecule is CCOC(=O)c1sc2nc(C[NH+]3CCOCC3)nc(Cl)c2c1C. The van der Waals surface area contributed by atoms with Crippen molar-refractivity contribution in [2.24, 2.45) is 0 Å². The van der Waals surface area contributed by atoms with E-state index >= 15 is 0 Å². The van der Waals surface area contributed by atoms with Crippen molar-refractivity contribution in [2.45, 2.75) is 20.4 Å². The lowest BCUT2D eigenvalue weighted by Crippen LogP contribution is -3.12. The monoisotopic (exact) mass is 356 g/mol. The third kappa shape index (κ3) is 3.47. The molecule has 1 N–H and O–H groups in total. The number of ether oxygens (including phenoxy) is 2. The number of thiophene rings is 1. The van der Waals surface area contributed by atoms with Crippen LogP contribution >= 0.6 is 22.9 Å². The van der Waals surface area contributed by atoms with Crippen LogP contribution in [0.25, 0.3) is 10.2 Å². The normalized spacial score (nSPS) is 16.0. The number of carbonyl (C=O) groups is 1. The van der Waals surface area contributed by atoms with Crippen molar-refractivity contribution in [3.8, 4) is 0 Å². The summed E-state index contributed by atoms with van der Waals surface area (Å²) in [6, 6.07) is 0. The molecule has 0 unspecified atom stereocenters. The number of hydrogen-bond donors (Lipinski definition) is 1. The number of rotatable bonds is 4. The van der Waals surface area contributed by atoms with Gasteiger partial charge >= 0.3 is 5.97 Å². The Morgan fingerprint density at radius 2 is 2.13 bits per heavy atom. The summed E-state index contributed by atoms with van der Waals surface area (Å²) in [4.78, 5) is 23.7. The summed E-state index contributed by atoms with van der Waals surface area (Å²) >= 11 is 7.67. The minimum Gasteiger partial charge on any atom is -0.462 e. The van der Waals surface area contributed by atoms with Gasteiger partial charge in [0, 0.05) is 0 Å². The average Bonchev–Trinajstić information content (AvgIpc) is 2.86. The predicted molar refractivity (Wildman–Crippen MR) is 88.3 cm³/mol. The summed E-state index contributed by atoms with van der Waals surface area (Å²) in [6.07, 6.45) is 0. The molecule has 3 heterocycles. The van der Waals surface area contributed by atoms with E-state index < -0.39 is 0 Å². The van der Waals surface area contributed by atoms with Gasteiger partial charge < -0.3 is 14.4 Å². The number of quaternary nitrogens is 1. The second kappa shape index (κ2) is 7.09.